The first kappa shape index (κ1) is 12.1. The molecule has 6 heteroatoms. The Labute approximate surface area is 105 Å². The Kier molecular flexibility index (Phi) is 3.49. The summed E-state index contributed by atoms with van der Waals surface area (Å²) in [7, 11) is 1.84. The molecule has 17 heavy (non-hydrogen) atoms. The van der Waals surface area contributed by atoms with Gasteiger partial charge in [-0.1, -0.05) is 11.6 Å². The van der Waals surface area contributed by atoms with E-state index in [0.29, 0.717) is 18.2 Å². The smallest absolute Gasteiger partial charge is 0.131 e. The van der Waals surface area contributed by atoms with Crippen LogP contribution in [-0.2, 0) is 20.0 Å². The first-order valence-corrected chi connectivity index (χ1v) is 5.89. The van der Waals surface area contributed by atoms with E-state index in [1.807, 2.05) is 20.2 Å². The summed E-state index contributed by atoms with van der Waals surface area (Å²) in [6, 6.07) is 0. The van der Waals surface area contributed by atoms with Crippen LogP contribution >= 0.6 is 11.6 Å². The van der Waals surface area contributed by atoms with Gasteiger partial charge in [0.05, 0.1) is 12.2 Å². The van der Waals surface area contributed by atoms with Crippen LogP contribution in [0.5, 0.6) is 0 Å². The lowest BCUT2D eigenvalue weighted by atomic mass is 10.2. The maximum Gasteiger partial charge on any atom is 0.131 e. The Balaban J connectivity index is 2.28. The van der Waals surface area contributed by atoms with E-state index in [-0.39, 0.29) is 0 Å². The van der Waals surface area contributed by atoms with Crippen LogP contribution in [0, 0.1) is 6.92 Å². The highest BCUT2D eigenvalue weighted by Crippen LogP contribution is 2.20. The van der Waals surface area contributed by atoms with Gasteiger partial charge in [-0.2, -0.15) is 5.10 Å². The number of aromatic nitrogens is 4. The highest BCUT2D eigenvalue weighted by Gasteiger charge is 2.13. The van der Waals surface area contributed by atoms with E-state index in [2.05, 4.69) is 14.6 Å². The number of imidazole rings is 1. The minimum atomic E-state index is 0.594. The fourth-order valence-electron chi connectivity index (χ4n) is 1.87. The predicted octanol–water partition coefficient (Wildman–Crippen LogP) is 1.13. The van der Waals surface area contributed by atoms with Crippen LogP contribution in [0.25, 0.3) is 0 Å². The van der Waals surface area contributed by atoms with Crippen molar-refractivity contribution in [3.63, 3.8) is 0 Å². The van der Waals surface area contributed by atoms with Crippen LogP contribution in [0.3, 0.4) is 0 Å². The minimum absolute atomic E-state index is 0.594. The molecule has 0 radical (unpaired) electrons. The lowest BCUT2D eigenvalue weighted by Gasteiger charge is -2.06. The predicted molar refractivity (Wildman–Crippen MR) is 67.0 cm³/mol. The van der Waals surface area contributed by atoms with E-state index in [4.69, 9.17) is 17.3 Å². The van der Waals surface area contributed by atoms with Crippen LogP contribution in [0.2, 0.25) is 5.15 Å². The van der Waals surface area contributed by atoms with Crippen LogP contribution in [0.4, 0.5) is 0 Å². The third-order valence-electron chi connectivity index (χ3n) is 2.77. The molecule has 2 aromatic rings. The van der Waals surface area contributed by atoms with Gasteiger partial charge in [-0.15, -0.1) is 0 Å². The molecule has 0 amide bonds. The van der Waals surface area contributed by atoms with Gasteiger partial charge in [0, 0.05) is 31.4 Å². The Morgan fingerprint density at radius 3 is 2.82 bits per heavy atom. The molecule has 2 heterocycles. The quantitative estimate of drug-likeness (QED) is 0.889. The topological polar surface area (TPSA) is 61.7 Å². The second kappa shape index (κ2) is 4.89. The van der Waals surface area contributed by atoms with Crippen LogP contribution in [0.15, 0.2) is 12.4 Å². The third kappa shape index (κ3) is 2.35. The van der Waals surface area contributed by atoms with Gasteiger partial charge in [-0.05, 0) is 13.5 Å². The van der Waals surface area contributed by atoms with Gasteiger partial charge in [-0.3, -0.25) is 4.68 Å². The molecule has 0 aliphatic rings. The first-order valence-electron chi connectivity index (χ1n) is 5.51. The van der Waals surface area contributed by atoms with Crippen molar-refractivity contribution in [3.05, 3.63) is 34.6 Å². The number of halogens is 1. The molecular weight excluding hydrogens is 238 g/mol. The first-order chi connectivity index (χ1) is 8.13. The molecule has 0 unspecified atom stereocenters. The number of nitrogens with two attached hydrogens (primary N) is 1. The van der Waals surface area contributed by atoms with Crippen LogP contribution in [-0.4, -0.2) is 25.9 Å². The van der Waals surface area contributed by atoms with Crippen molar-refractivity contribution in [2.24, 2.45) is 12.8 Å². The Bertz CT molecular complexity index is 514. The minimum Gasteiger partial charge on any atom is -0.330 e. The fraction of sp³-hybridized carbons (Fsp3) is 0.455. The molecule has 5 nitrogen and oxygen atoms in total. The largest absolute Gasteiger partial charge is 0.330 e. The molecule has 0 saturated carbocycles. The lowest BCUT2D eigenvalue weighted by molar-refractivity contribution is 0.713. The second-order valence-corrected chi connectivity index (χ2v) is 4.35. The third-order valence-corrected chi connectivity index (χ3v) is 3.24. The summed E-state index contributed by atoms with van der Waals surface area (Å²) in [5.41, 5.74) is 7.53. The summed E-state index contributed by atoms with van der Waals surface area (Å²) >= 11 is 6.20. The molecule has 0 bridgehead atoms. The maximum absolute atomic E-state index is 6.20. The van der Waals surface area contributed by atoms with Crippen molar-refractivity contribution >= 4 is 11.6 Å². The molecule has 0 aliphatic carbocycles. The average molecular weight is 254 g/mol. The second-order valence-electron chi connectivity index (χ2n) is 3.99. The van der Waals surface area contributed by atoms with Gasteiger partial charge in [0.1, 0.15) is 11.0 Å². The summed E-state index contributed by atoms with van der Waals surface area (Å²) in [6.07, 6.45) is 4.49. The van der Waals surface area contributed by atoms with Crippen LogP contribution in [0.1, 0.15) is 17.1 Å². The zero-order valence-electron chi connectivity index (χ0n) is 10.0. The van der Waals surface area contributed by atoms with Gasteiger partial charge in [0.2, 0.25) is 0 Å². The highest BCUT2D eigenvalue weighted by molar-refractivity contribution is 6.30. The van der Waals surface area contributed by atoms with E-state index in [9.17, 15) is 0 Å². The van der Waals surface area contributed by atoms with E-state index in [1.165, 1.54) is 0 Å². The monoisotopic (exact) mass is 253 g/mol. The van der Waals surface area contributed by atoms with Crippen molar-refractivity contribution in [1.82, 2.24) is 19.3 Å². The number of hydrogen-bond acceptors (Lipinski definition) is 3. The van der Waals surface area contributed by atoms with Gasteiger partial charge < -0.3 is 10.3 Å². The SMILES string of the molecule is Cc1nn(C)c(Cl)c1Cn1ccnc1CCN. The van der Waals surface area contributed by atoms with Crippen molar-refractivity contribution < 1.29 is 0 Å². The van der Waals surface area contributed by atoms with Gasteiger partial charge in [0.15, 0.2) is 0 Å². The van der Waals surface area contributed by atoms with Crippen molar-refractivity contribution in [2.45, 2.75) is 19.9 Å². The Morgan fingerprint density at radius 1 is 1.47 bits per heavy atom. The van der Waals surface area contributed by atoms with Crippen LogP contribution < -0.4 is 5.73 Å². The summed E-state index contributed by atoms with van der Waals surface area (Å²) < 4.78 is 3.74. The maximum atomic E-state index is 6.20. The summed E-state index contributed by atoms with van der Waals surface area (Å²) in [5, 5.41) is 4.97. The summed E-state index contributed by atoms with van der Waals surface area (Å²) in [4.78, 5) is 4.28. The molecule has 0 spiro atoms. The fourth-order valence-corrected chi connectivity index (χ4v) is 2.10. The average Bonchev–Trinajstić information content (AvgIpc) is 2.81. The molecule has 2 rings (SSSR count). The van der Waals surface area contributed by atoms with E-state index in [1.54, 1.807) is 10.9 Å². The van der Waals surface area contributed by atoms with Crippen molar-refractivity contribution in [3.8, 4) is 0 Å². The van der Waals surface area contributed by atoms with Gasteiger partial charge in [0.25, 0.3) is 0 Å². The zero-order chi connectivity index (χ0) is 12.4. The number of nitrogens with zero attached hydrogens (tertiary/aromatic N) is 4. The molecule has 2 N–H and O–H groups in total. The zero-order valence-corrected chi connectivity index (χ0v) is 10.8. The molecule has 0 atom stereocenters. The van der Waals surface area contributed by atoms with Gasteiger partial charge >= 0.3 is 0 Å². The standard InChI is InChI=1S/C11H16ClN5/c1-8-9(11(12)16(2)15-8)7-17-6-5-14-10(17)3-4-13/h5-6H,3-4,7,13H2,1-2H3. The summed E-state index contributed by atoms with van der Waals surface area (Å²) in [6.45, 7) is 3.24. The number of rotatable bonds is 4. The van der Waals surface area contributed by atoms with E-state index < -0.39 is 0 Å². The molecule has 0 saturated heterocycles. The number of hydrogen-bond donors (Lipinski definition) is 1. The van der Waals surface area contributed by atoms with Crippen molar-refractivity contribution in [1.29, 1.82) is 0 Å². The lowest BCUT2D eigenvalue weighted by Crippen LogP contribution is -2.10. The summed E-state index contributed by atoms with van der Waals surface area (Å²) in [5.74, 6) is 0.979. The van der Waals surface area contributed by atoms with Gasteiger partial charge in [-0.25, -0.2) is 4.98 Å². The van der Waals surface area contributed by atoms with Crippen molar-refractivity contribution in [2.75, 3.05) is 6.54 Å². The Morgan fingerprint density at radius 2 is 2.24 bits per heavy atom. The normalized spacial score (nSPS) is 11.1. The molecule has 0 aromatic carbocycles. The molecule has 2 aromatic heterocycles. The molecule has 92 valence electrons. The van der Waals surface area contributed by atoms with E-state index >= 15 is 0 Å². The molecule has 0 aliphatic heterocycles. The highest BCUT2D eigenvalue weighted by atomic mass is 35.5. The van der Waals surface area contributed by atoms with E-state index in [0.717, 1.165) is 23.5 Å². The molecular formula is C11H16ClN5. The Hall–Kier alpha value is -1.33. The number of aryl methyl sites for hydroxylation is 2. The molecule has 0 fully saturated rings.